The van der Waals surface area contributed by atoms with Crippen LogP contribution < -0.4 is 10.6 Å². The molecular weight excluding hydrogens is 182 g/mol. The van der Waals surface area contributed by atoms with Gasteiger partial charge in [0, 0.05) is 37.3 Å². The van der Waals surface area contributed by atoms with E-state index in [0.717, 1.165) is 24.0 Å². The van der Waals surface area contributed by atoms with Crippen LogP contribution in [0.4, 0.5) is 0 Å². The van der Waals surface area contributed by atoms with Gasteiger partial charge in [-0.2, -0.15) is 0 Å². The maximum atomic E-state index is 4.21. The Morgan fingerprint density at radius 2 is 2.54 bits per heavy atom. The van der Waals surface area contributed by atoms with Gasteiger partial charge in [-0.05, 0) is 12.8 Å². The molecule has 2 N–H and O–H groups in total. The van der Waals surface area contributed by atoms with Gasteiger partial charge in [-0.3, -0.25) is 0 Å². The van der Waals surface area contributed by atoms with Gasteiger partial charge in [-0.15, -0.1) is 11.3 Å². The first kappa shape index (κ1) is 9.12. The van der Waals surface area contributed by atoms with Crippen LogP contribution in [0.2, 0.25) is 0 Å². The normalized spacial score (nSPS) is 17.3. The lowest BCUT2D eigenvalue weighted by Crippen LogP contribution is -2.46. The molecule has 0 bridgehead atoms. The van der Waals surface area contributed by atoms with Crippen LogP contribution in [0.25, 0.3) is 0 Å². The van der Waals surface area contributed by atoms with Crippen LogP contribution in [-0.4, -0.2) is 24.6 Å². The molecule has 1 aliphatic heterocycles. The molecule has 0 atom stereocenters. The van der Waals surface area contributed by atoms with Crippen molar-refractivity contribution in [1.82, 2.24) is 15.6 Å². The Morgan fingerprint density at radius 1 is 1.69 bits per heavy atom. The lowest BCUT2D eigenvalue weighted by molar-refractivity contribution is 0.331. The smallest absolute Gasteiger partial charge is 0.0897 e. The highest BCUT2D eigenvalue weighted by Crippen LogP contribution is 2.11. The predicted octanol–water partition coefficient (Wildman–Crippen LogP) is 0.761. The standard InChI is InChI=1S/C9H15N3S/c1-7-12-6-9(13-7)5-11-4-8-2-10-3-8/h6,8,10-11H,2-5H2,1H3. The molecule has 2 rings (SSSR count). The molecule has 0 saturated carbocycles. The van der Waals surface area contributed by atoms with E-state index in [1.807, 2.05) is 13.1 Å². The molecule has 0 spiro atoms. The van der Waals surface area contributed by atoms with Crippen molar-refractivity contribution in [2.45, 2.75) is 13.5 Å². The monoisotopic (exact) mass is 197 g/mol. The molecule has 4 heteroatoms. The molecule has 0 unspecified atom stereocenters. The van der Waals surface area contributed by atoms with Crippen LogP contribution >= 0.6 is 11.3 Å². The van der Waals surface area contributed by atoms with E-state index in [2.05, 4.69) is 15.6 Å². The van der Waals surface area contributed by atoms with E-state index in [0.29, 0.717) is 0 Å². The van der Waals surface area contributed by atoms with Crippen molar-refractivity contribution < 1.29 is 0 Å². The SMILES string of the molecule is Cc1ncc(CNCC2CNC2)s1. The lowest BCUT2D eigenvalue weighted by Gasteiger charge is -2.27. The first-order valence-corrected chi connectivity index (χ1v) is 5.49. The number of nitrogens with one attached hydrogen (secondary N) is 2. The van der Waals surface area contributed by atoms with Gasteiger partial charge in [0.15, 0.2) is 0 Å². The van der Waals surface area contributed by atoms with Crippen molar-refractivity contribution in [2.24, 2.45) is 5.92 Å². The zero-order chi connectivity index (χ0) is 9.10. The minimum absolute atomic E-state index is 0.842. The summed E-state index contributed by atoms with van der Waals surface area (Å²) in [6.45, 7) is 6.50. The summed E-state index contributed by atoms with van der Waals surface area (Å²) >= 11 is 1.78. The van der Waals surface area contributed by atoms with Crippen LogP contribution in [0.15, 0.2) is 6.20 Å². The second kappa shape index (κ2) is 4.17. The number of hydrogen-bond donors (Lipinski definition) is 2. The van der Waals surface area contributed by atoms with E-state index in [1.54, 1.807) is 11.3 Å². The lowest BCUT2D eigenvalue weighted by atomic mass is 10.0. The number of aryl methyl sites for hydroxylation is 1. The molecule has 0 aromatic carbocycles. The van der Waals surface area contributed by atoms with Crippen molar-refractivity contribution in [2.75, 3.05) is 19.6 Å². The van der Waals surface area contributed by atoms with Crippen molar-refractivity contribution in [3.05, 3.63) is 16.1 Å². The maximum Gasteiger partial charge on any atom is 0.0897 e. The zero-order valence-electron chi connectivity index (χ0n) is 7.84. The number of aromatic nitrogens is 1. The van der Waals surface area contributed by atoms with E-state index in [9.17, 15) is 0 Å². The summed E-state index contributed by atoms with van der Waals surface area (Å²) in [6, 6.07) is 0. The summed E-state index contributed by atoms with van der Waals surface area (Å²) in [6.07, 6.45) is 1.96. The number of nitrogens with zero attached hydrogens (tertiary/aromatic N) is 1. The molecular formula is C9H15N3S. The van der Waals surface area contributed by atoms with Crippen LogP contribution in [-0.2, 0) is 6.54 Å². The van der Waals surface area contributed by atoms with Crippen LogP contribution in [0.1, 0.15) is 9.88 Å². The van der Waals surface area contributed by atoms with Crippen LogP contribution in [0, 0.1) is 12.8 Å². The fourth-order valence-corrected chi connectivity index (χ4v) is 2.14. The van der Waals surface area contributed by atoms with Gasteiger partial charge in [-0.1, -0.05) is 0 Å². The average molecular weight is 197 g/mol. The van der Waals surface area contributed by atoms with Crippen LogP contribution in [0.5, 0.6) is 0 Å². The Morgan fingerprint density at radius 3 is 3.08 bits per heavy atom. The Balaban J connectivity index is 1.67. The maximum absolute atomic E-state index is 4.21. The Labute approximate surface area is 82.6 Å². The molecule has 0 radical (unpaired) electrons. The second-order valence-electron chi connectivity index (χ2n) is 3.50. The third kappa shape index (κ3) is 2.49. The van der Waals surface area contributed by atoms with E-state index in [-0.39, 0.29) is 0 Å². The predicted molar refractivity (Wildman–Crippen MR) is 54.9 cm³/mol. The van der Waals surface area contributed by atoms with Gasteiger partial charge in [0.1, 0.15) is 0 Å². The fraction of sp³-hybridized carbons (Fsp3) is 0.667. The number of thiazole rings is 1. The summed E-state index contributed by atoms with van der Waals surface area (Å²) in [5.74, 6) is 0.842. The van der Waals surface area contributed by atoms with E-state index < -0.39 is 0 Å². The molecule has 1 aliphatic rings. The van der Waals surface area contributed by atoms with Gasteiger partial charge in [0.25, 0.3) is 0 Å². The van der Waals surface area contributed by atoms with Gasteiger partial charge in [0.2, 0.25) is 0 Å². The summed E-state index contributed by atoms with van der Waals surface area (Å²) in [5, 5.41) is 7.87. The van der Waals surface area contributed by atoms with Crippen molar-refractivity contribution in [1.29, 1.82) is 0 Å². The van der Waals surface area contributed by atoms with E-state index >= 15 is 0 Å². The van der Waals surface area contributed by atoms with Crippen molar-refractivity contribution in [3.8, 4) is 0 Å². The highest BCUT2D eigenvalue weighted by atomic mass is 32.1. The molecule has 1 saturated heterocycles. The minimum Gasteiger partial charge on any atom is -0.316 e. The topological polar surface area (TPSA) is 37.0 Å². The summed E-state index contributed by atoms with van der Waals surface area (Å²) in [5.41, 5.74) is 0. The third-order valence-electron chi connectivity index (χ3n) is 2.27. The van der Waals surface area contributed by atoms with Crippen molar-refractivity contribution >= 4 is 11.3 Å². The molecule has 2 heterocycles. The average Bonchev–Trinajstić information content (AvgIpc) is 2.42. The Bertz CT molecular complexity index is 268. The molecule has 0 aliphatic carbocycles. The molecule has 13 heavy (non-hydrogen) atoms. The first-order valence-electron chi connectivity index (χ1n) is 4.67. The van der Waals surface area contributed by atoms with Gasteiger partial charge >= 0.3 is 0 Å². The number of hydrogen-bond acceptors (Lipinski definition) is 4. The van der Waals surface area contributed by atoms with Gasteiger partial charge in [0.05, 0.1) is 5.01 Å². The molecule has 3 nitrogen and oxygen atoms in total. The minimum atomic E-state index is 0.842. The molecule has 0 amide bonds. The third-order valence-corrected chi connectivity index (χ3v) is 3.18. The summed E-state index contributed by atoms with van der Waals surface area (Å²) in [4.78, 5) is 5.55. The largest absolute Gasteiger partial charge is 0.316 e. The molecule has 1 aromatic rings. The molecule has 1 fully saturated rings. The quantitative estimate of drug-likeness (QED) is 0.748. The van der Waals surface area contributed by atoms with Gasteiger partial charge in [-0.25, -0.2) is 4.98 Å². The van der Waals surface area contributed by atoms with E-state index in [4.69, 9.17) is 0 Å². The zero-order valence-corrected chi connectivity index (χ0v) is 8.66. The Hall–Kier alpha value is -0.450. The highest BCUT2D eigenvalue weighted by Gasteiger charge is 2.15. The van der Waals surface area contributed by atoms with Crippen LogP contribution in [0.3, 0.4) is 0 Å². The highest BCUT2D eigenvalue weighted by molar-refractivity contribution is 7.11. The Kier molecular flexibility index (Phi) is 2.93. The molecule has 72 valence electrons. The second-order valence-corrected chi connectivity index (χ2v) is 4.82. The number of rotatable bonds is 4. The van der Waals surface area contributed by atoms with E-state index in [1.165, 1.54) is 18.0 Å². The van der Waals surface area contributed by atoms with Gasteiger partial charge < -0.3 is 10.6 Å². The summed E-state index contributed by atoms with van der Waals surface area (Å²) in [7, 11) is 0. The molecule has 1 aromatic heterocycles. The van der Waals surface area contributed by atoms with Crippen molar-refractivity contribution in [3.63, 3.8) is 0 Å². The summed E-state index contributed by atoms with van der Waals surface area (Å²) < 4.78 is 0. The first-order chi connectivity index (χ1) is 6.34. The fourth-order valence-electron chi connectivity index (χ4n) is 1.38.